The molecule has 146 valence electrons. The molecule has 28 heavy (non-hydrogen) atoms. The van der Waals surface area contributed by atoms with E-state index in [-0.39, 0.29) is 0 Å². The van der Waals surface area contributed by atoms with Crippen molar-refractivity contribution in [3.63, 3.8) is 0 Å². The molecule has 6 nitrogen and oxygen atoms in total. The molecule has 6 heteroatoms. The summed E-state index contributed by atoms with van der Waals surface area (Å²) in [5.74, 6) is 3.16. The van der Waals surface area contributed by atoms with Crippen LogP contribution in [0.1, 0.15) is 24.0 Å². The van der Waals surface area contributed by atoms with Gasteiger partial charge in [-0.15, -0.1) is 0 Å². The van der Waals surface area contributed by atoms with Gasteiger partial charge in [0.1, 0.15) is 24.7 Å². The Morgan fingerprint density at radius 1 is 0.643 bits per heavy atom. The highest BCUT2D eigenvalue weighted by Crippen LogP contribution is 2.17. The van der Waals surface area contributed by atoms with Crippen molar-refractivity contribution in [3.8, 4) is 11.5 Å². The van der Waals surface area contributed by atoms with Crippen LogP contribution in [0.2, 0.25) is 0 Å². The summed E-state index contributed by atoms with van der Waals surface area (Å²) in [5.41, 5.74) is 1.99. The predicted octanol–water partition coefficient (Wildman–Crippen LogP) is 3.48. The molecule has 0 aromatic heterocycles. The summed E-state index contributed by atoms with van der Waals surface area (Å²) < 4.78 is 22.5. The van der Waals surface area contributed by atoms with Gasteiger partial charge in [-0.1, -0.05) is 0 Å². The van der Waals surface area contributed by atoms with Gasteiger partial charge in [-0.3, -0.25) is 0 Å². The predicted molar refractivity (Wildman–Crippen MR) is 108 cm³/mol. The van der Waals surface area contributed by atoms with Crippen LogP contribution in [0, 0.1) is 0 Å². The second-order valence-electron chi connectivity index (χ2n) is 6.52. The summed E-state index contributed by atoms with van der Waals surface area (Å²) in [7, 11) is 0. The number of rotatable bonds is 9. The second kappa shape index (κ2) is 9.26. The van der Waals surface area contributed by atoms with E-state index in [2.05, 4.69) is 9.98 Å². The zero-order chi connectivity index (χ0) is 19.0. The topological polar surface area (TPSA) is 61.6 Å². The lowest BCUT2D eigenvalue weighted by Gasteiger charge is -2.09. The summed E-state index contributed by atoms with van der Waals surface area (Å²) in [6, 6.07) is 15.7. The first-order valence-corrected chi connectivity index (χ1v) is 9.69. The quantitative estimate of drug-likeness (QED) is 0.625. The molecule has 0 fully saturated rings. The first-order chi connectivity index (χ1) is 13.9. The Kier molecular flexibility index (Phi) is 6.07. The van der Waals surface area contributed by atoms with E-state index in [1.54, 1.807) is 0 Å². The van der Waals surface area contributed by atoms with Gasteiger partial charge in [0.15, 0.2) is 0 Å². The largest absolute Gasteiger partial charge is 0.494 e. The van der Waals surface area contributed by atoms with Crippen molar-refractivity contribution in [2.45, 2.75) is 12.8 Å². The van der Waals surface area contributed by atoms with Gasteiger partial charge in [-0.25, -0.2) is 9.98 Å². The van der Waals surface area contributed by atoms with Gasteiger partial charge >= 0.3 is 0 Å². The molecular weight excluding hydrogens is 356 g/mol. The third-order valence-corrected chi connectivity index (χ3v) is 4.45. The third kappa shape index (κ3) is 4.82. The van der Waals surface area contributed by atoms with Gasteiger partial charge in [0.2, 0.25) is 11.8 Å². The Bertz CT molecular complexity index is 757. The van der Waals surface area contributed by atoms with Crippen LogP contribution in [-0.2, 0) is 9.47 Å². The maximum Gasteiger partial charge on any atom is 0.216 e. The summed E-state index contributed by atoms with van der Waals surface area (Å²) in [4.78, 5) is 8.62. The molecule has 2 aliphatic heterocycles. The molecule has 2 aliphatic rings. The number of aliphatic imine (C=N–C) groups is 2. The van der Waals surface area contributed by atoms with Gasteiger partial charge in [-0.05, 0) is 61.4 Å². The fourth-order valence-corrected chi connectivity index (χ4v) is 2.99. The van der Waals surface area contributed by atoms with E-state index in [1.807, 2.05) is 48.5 Å². The number of unbranched alkanes of at least 4 members (excludes halogenated alkanes) is 1. The maximum atomic E-state index is 5.79. The maximum absolute atomic E-state index is 5.79. The first-order valence-electron chi connectivity index (χ1n) is 9.69. The van der Waals surface area contributed by atoms with E-state index in [4.69, 9.17) is 18.9 Å². The van der Waals surface area contributed by atoms with E-state index >= 15 is 0 Å². The fraction of sp³-hybridized carbons (Fsp3) is 0.364. The van der Waals surface area contributed by atoms with Crippen LogP contribution in [-0.4, -0.2) is 51.3 Å². The van der Waals surface area contributed by atoms with E-state index in [0.29, 0.717) is 26.4 Å². The average Bonchev–Trinajstić information content (AvgIpc) is 3.46. The summed E-state index contributed by atoms with van der Waals surface area (Å²) >= 11 is 0. The van der Waals surface area contributed by atoms with E-state index in [9.17, 15) is 0 Å². The lowest BCUT2D eigenvalue weighted by Crippen LogP contribution is -2.04. The standard InChI is InChI=1S/C22H24N2O4/c1(13-25-19-7-3-17(4-8-19)21-23-11-15-27-21)2-14-26-20-9-5-18(6-10-20)22-24-12-16-28-22/h3-10H,1-2,11-16H2. The van der Waals surface area contributed by atoms with Crippen molar-refractivity contribution in [2.75, 3.05) is 39.5 Å². The van der Waals surface area contributed by atoms with E-state index in [1.165, 1.54) is 0 Å². The molecule has 0 atom stereocenters. The van der Waals surface area contributed by atoms with Gasteiger partial charge in [0.25, 0.3) is 0 Å². The highest BCUT2D eigenvalue weighted by Gasteiger charge is 2.10. The van der Waals surface area contributed by atoms with Gasteiger partial charge < -0.3 is 18.9 Å². The first kappa shape index (κ1) is 18.3. The number of hydrogen-bond acceptors (Lipinski definition) is 6. The molecule has 0 N–H and O–H groups in total. The van der Waals surface area contributed by atoms with Crippen LogP contribution in [0.3, 0.4) is 0 Å². The van der Waals surface area contributed by atoms with Crippen molar-refractivity contribution in [2.24, 2.45) is 9.98 Å². The second-order valence-corrected chi connectivity index (χ2v) is 6.52. The van der Waals surface area contributed by atoms with Crippen LogP contribution >= 0.6 is 0 Å². The number of ether oxygens (including phenoxy) is 4. The molecule has 4 rings (SSSR count). The van der Waals surface area contributed by atoms with Crippen molar-refractivity contribution in [1.82, 2.24) is 0 Å². The summed E-state index contributed by atoms with van der Waals surface area (Å²) in [6.07, 6.45) is 1.86. The SMILES string of the molecule is c1cc(C2=NCCO2)ccc1OCCCCOc1ccc(C2=NCCO2)cc1. The van der Waals surface area contributed by atoms with Crippen LogP contribution in [0.4, 0.5) is 0 Å². The van der Waals surface area contributed by atoms with Gasteiger partial charge in [0.05, 0.1) is 26.3 Å². The van der Waals surface area contributed by atoms with Crippen molar-refractivity contribution in [3.05, 3.63) is 59.7 Å². The molecule has 0 aliphatic carbocycles. The average molecular weight is 380 g/mol. The fourth-order valence-electron chi connectivity index (χ4n) is 2.99. The summed E-state index contributed by atoms with van der Waals surface area (Å²) in [6.45, 7) is 4.15. The van der Waals surface area contributed by atoms with Crippen LogP contribution < -0.4 is 9.47 Å². The zero-order valence-electron chi connectivity index (χ0n) is 15.8. The Balaban J connectivity index is 1.12. The molecular formula is C22H24N2O4. The molecule has 2 aromatic carbocycles. The van der Waals surface area contributed by atoms with E-state index in [0.717, 1.165) is 60.4 Å². The Morgan fingerprint density at radius 3 is 1.43 bits per heavy atom. The van der Waals surface area contributed by atoms with Crippen molar-refractivity contribution >= 4 is 11.8 Å². The zero-order valence-corrected chi connectivity index (χ0v) is 15.8. The molecule has 0 saturated carbocycles. The number of hydrogen-bond donors (Lipinski definition) is 0. The van der Waals surface area contributed by atoms with Crippen LogP contribution in [0.5, 0.6) is 11.5 Å². The lowest BCUT2D eigenvalue weighted by atomic mass is 10.2. The smallest absolute Gasteiger partial charge is 0.216 e. The lowest BCUT2D eigenvalue weighted by molar-refractivity contribution is 0.266. The number of nitrogens with zero attached hydrogens (tertiary/aromatic N) is 2. The van der Waals surface area contributed by atoms with E-state index < -0.39 is 0 Å². The Hall–Kier alpha value is -3.02. The van der Waals surface area contributed by atoms with Crippen LogP contribution in [0.15, 0.2) is 58.5 Å². The van der Waals surface area contributed by atoms with Crippen molar-refractivity contribution in [1.29, 1.82) is 0 Å². The molecule has 2 heterocycles. The van der Waals surface area contributed by atoms with Gasteiger partial charge in [-0.2, -0.15) is 0 Å². The minimum Gasteiger partial charge on any atom is -0.494 e. The molecule has 2 aromatic rings. The minimum absolute atomic E-state index is 0.663. The molecule has 0 spiro atoms. The number of benzene rings is 2. The third-order valence-electron chi connectivity index (χ3n) is 4.45. The monoisotopic (exact) mass is 380 g/mol. The molecule has 0 saturated heterocycles. The highest BCUT2D eigenvalue weighted by molar-refractivity contribution is 5.95. The minimum atomic E-state index is 0.663. The van der Waals surface area contributed by atoms with Crippen LogP contribution in [0.25, 0.3) is 0 Å². The highest BCUT2D eigenvalue weighted by atomic mass is 16.5. The Morgan fingerprint density at radius 2 is 1.07 bits per heavy atom. The van der Waals surface area contributed by atoms with Crippen molar-refractivity contribution < 1.29 is 18.9 Å². The normalized spacial score (nSPS) is 15.4. The Labute approximate surface area is 164 Å². The molecule has 0 bridgehead atoms. The summed E-state index contributed by atoms with van der Waals surface area (Å²) in [5, 5.41) is 0. The molecule has 0 amide bonds. The van der Waals surface area contributed by atoms with Gasteiger partial charge in [0, 0.05) is 11.1 Å². The molecule has 0 unspecified atom stereocenters. The molecule has 0 radical (unpaired) electrons.